The Morgan fingerprint density at radius 2 is 1.77 bits per heavy atom. The standard InChI is InChI=1S/C26H26ClNO2/c1-30-24-13-12-19(18-21(24)20-8-3-2-4-9-20)14-17-28-25(29)26(15-7-16-26)22-10-5-6-11-23(22)27/h2-6,8-13,18H,7,14-17H2,1H3,(H,28,29). The van der Waals surface area contributed by atoms with Crippen LogP contribution in [0.15, 0.2) is 72.8 Å². The van der Waals surface area contributed by atoms with Gasteiger partial charge >= 0.3 is 0 Å². The summed E-state index contributed by atoms with van der Waals surface area (Å²) in [5.41, 5.74) is 3.82. The number of carbonyl (C=O) groups excluding carboxylic acids is 1. The molecule has 1 N–H and O–H groups in total. The summed E-state index contributed by atoms with van der Waals surface area (Å²) >= 11 is 6.41. The molecule has 1 fully saturated rings. The first kappa shape index (κ1) is 20.5. The number of hydrogen-bond donors (Lipinski definition) is 1. The molecule has 1 aliphatic rings. The van der Waals surface area contributed by atoms with E-state index in [9.17, 15) is 4.79 Å². The predicted molar refractivity (Wildman–Crippen MR) is 122 cm³/mol. The first-order chi connectivity index (χ1) is 14.6. The van der Waals surface area contributed by atoms with Crippen LogP contribution in [0.2, 0.25) is 5.02 Å². The quantitative estimate of drug-likeness (QED) is 0.525. The number of ether oxygens (including phenoxy) is 1. The van der Waals surface area contributed by atoms with E-state index in [-0.39, 0.29) is 5.91 Å². The van der Waals surface area contributed by atoms with Gasteiger partial charge in [-0.25, -0.2) is 0 Å². The normalized spacial score (nSPS) is 14.6. The van der Waals surface area contributed by atoms with E-state index in [2.05, 4.69) is 29.6 Å². The second-order valence-corrected chi connectivity index (χ2v) is 8.23. The summed E-state index contributed by atoms with van der Waals surface area (Å²) < 4.78 is 5.54. The third kappa shape index (κ3) is 3.95. The van der Waals surface area contributed by atoms with Gasteiger partial charge in [0, 0.05) is 17.1 Å². The number of nitrogens with one attached hydrogen (secondary N) is 1. The minimum Gasteiger partial charge on any atom is -0.496 e. The Labute approximate surface area is 183 Å². The molecule has 0 aliphatic heterocycles. The Hall–Kier alpha value is -2.78. The van der Waals surface area contributed by atoms with Crippen molar-refractivity contribution in [2.75, 3.05) is 13.7 Å². The lowest BCUT2D eigenvalue weighted by molar-refractivity contribution is -0.129. The van der Waals surface area contributed by atoms with Crippen molar-refractivity contribution in [3.05, 3.63) is 88.9 Å². The van der Waals surface area contributed by atoms with Crippen LogP contribution >= 0.6 is 11.6 Å². The van der Waals surface area contributed by atoms with Gasteiger partial charge in [-0.15, -0.1) is 0 Å². The smallest absolute Gasteiger partial charge is 0.230 e. The van der Waals surface area contributed by atoms with E-state index in [0.29, 0.717) is 11.6 Å². The summed E-state index contributed by atoms with van der Waals surface area (Å²) in [6.45, 7) is 0.589. The van der Waals surface area contributed by atoms with E-state index in [1.807, 2.05) is 48.5 Å². The number of carbonyl (C=O) groups is 1. The minimum atomic E-state index is -0.479. The summed E-state index contributed by atoms with van der Waals surface area (Å²) in [7, 11) is 1.69. The lowest BCUT2D eigenvalue weighted by Gasteiger charge is -2.41. The van der Waals surface area contributed by atoms with Crippen molar-refractivity contribution in [3.8, 4) is 16.9 Å². The fourth-order valence-electron chi connectivity index (χ4n) is 4.24. The van der Waals surface area contributed by atoms with Crippen LogP contribution in [-0.4, -0.2) is 19.6 Å². The highest BCUT2D eigenvalue weighted by Crippen LogP contribution is 2.46. The maximum atomic E-state index is 13.1. The highest BCUT2D eigenvalue weighted by atomic mass is 35.5. The number of benzene rings is 3. The second kappa shape index (κ2) is 8.93. The van der Waals surface area contributed by atoms with Crippen molar-refractivity contribution in [1.29, 1.82) is 0 Å². The molecule has 0 spiro atoms. The zero-order chi connectivity index (χ0) is 21.0. The molecule has 4 heteroatoms. The van der Waals surface area contributed by atoms with Crippen molar-refractivity contribution >= 4 is 17.5 Å². The number of amides is 1. The van der Waals surface area contributed by atoms with Gasteiger partial charge in [-0.2, -0.15) is 0 Å². The van der Waals surface area contributed by atoms with Gasteiger partial charge in [0.05, 0.1) is 12.5 Å². The molecule has 1 saturated carbocycles. The summed E-state index contributed by atoms with van der Waals surface area (Å²) in [5, 5.41) is 3.83. The molecule has 0 bridgehead atoms. The average Bonchev–Trinajstić information content (AvgIpc) is 2.75. The van der Waals surface area contributed by atoms with Crippen LogP contribution in [0.3, 0.4) is 0 Å². The third-order valence-electron chi connectivity index (χ3n) is 6.08. The van der Waals surface area contributed by atoms with Crippen molar-refractivity contribution in [2.45, 2.75) is 31.1 Å². The lowest BCUT2D eigenvalue weighted by Crippen LogP contribution is -2.49. The molecule has 0 saturated heterocycles. The molecule has 3 aromatic carbocycles. The van der Waals surface area contributed by atoms with E-state index in [4.69, 9.17) is 16.3 Å². The van der Waals surface area contributed by atoms with Gasteiger partial charge in [-0.3, -0.25) is 4.79 Å². The fourth-order valence-corrected chi connectivity index (χ4v) is 4.56. The van der Waals surface area contributed by atoms with E-state index >= 15 is 0 Å². The Morgan fingerprint density at radius 1 is 1.03 bits per heavy atom. The van der Waals surface area contributed by atoms with Crippen molar-refractivity contribution < 1.29 is 9.53 Å². The Morgan fingerprint density at radius 3 is 2.43 bits per heavy atom. The molecule has 0 unspecified atom stereocenters. The minimum absolute atomic E-state index is 0.0821. The number of rotatable bonds is 7. The fraction of sp³-hybridized carbons (Fsp3) is 0.269. The van der Waals surface area contributed by atoms with Crippen molar-refractivity contribution in [1.82, 2.24) is 5.32 Å². The van der Waals surface area contributed by atoms with Crippen molar-refractivity contribution in [3.63, 3.8) is 0 Å². The van der Waals surface area contributed by atoms with Crippen LogP contribution in [0.4, 0.5) is 0 Å². The molecule has 30 heavy (non-hydrogen) atoms. The zero-order valence-corrected chi connectivity index (χ0v) is 17.9. The number of methoxy groups -OCH3 is 1. The van der Waals surface area contributed by atoms with Crippen molar-refractivity contribution in [2.24, 2.45) is 0 Å². The molecule has 0 heterocycles. The molecule has 0 atom stereocenters. The largest absolute Gasteiger partial charge is 0.496 e. The van der Waals surface area contributed by atoms with Gasteiger partial charge in [0.15, 0.2) is 0 Å². The summed E-state index contributed by atoms with van der Waals surface area (Å²) in [6, 6.07) is 24.1. The van der Waals surface area contributed by atoms with E-state index in [1.54, 1.807) is 7.11 Å². The topological polar surface area (TPSA) is 38.3 Å². The van der Waals surface area contributed by atoms with Gasteiger partial charge < -0.3 is 10.1 Å². The van der Waals surface area contributed by atoms with Gasteiger partial charge in [-0.05, 0) is 54.2 Å². The van der Waals surface area contributed by atoms with Crippen LogP contribution in [0.5, 0.6) is 5.75 Å². The SMILES string of the molecule is COc1ccc(CCNC(=O)C2(c3ccccc3Cl)CCC2)cc1-c1ccccc1. The predicted octanol–water partition coefficient (Wildman–Crippen LogP) is 5.80. The Balaban J connectivity index is 1.45. The molecule has 3 nitrogen and oxygen atoms in total. The van der Waals surface area contributed by atoms with E-state index in [1.165, 1.54) is 0 Å². The summed E-state index contributed by atoms with van der Waals surface area (Å²) in [5.74, 6) is 0.930. The molecule has 1 aliphatic carbocycles. The summed E-state index contributed by atoms with van der Waals surface area (Å²) in [6.07, 6.45) is 3.51. The van der Waals surface area contributed by atoms with Gasteiger partial charge in [-0.1, -0.05) is 72.6 Å². The highest BCUT2D eigenvalue weighted by Gasteiger charge is 2.46. The second-order valence-electron chi connectivity index (χ2n) is 7.82. The molecule has 3 aromatic rings. The Kier molecular flexibility index (Phi) is 6.10. The summed E-state index contributed by atoms with van der Waals surface area (Å²) in [4.78, 5) is 13.1. The van der Waals surface area contributed by atoms with Gasteiger partial charge in [0.25, 0.3) is 0 Å². The molecular formula is C26H26ClNO2. The van der Waals surface area contributed by atoms with Crippen LogP contribution in [-0.2, 0) is 16.6 Å². The molecular weight excluding hydrogens is 394 g/mol. The molecule has 4 rings (SSSR count). The molecule has 0 radical (unpaired) electrons. The maximum absolute atomic E-state index is 13.1. The first-order valence-corrected chi connectivity index (χ1v) is 10.8. The van der Waals surface area contributed by atoms with Gasteiger partial charge in [0.1, 0.15) is 5.75 Å². The first-order valence-electron chi connectivity index (χ1n) is 10.4. The van der Waals surface area contributed by atoms with Crippen LogP contribution < -0.4 is 10.1 Å². The molecule has 0 aromatic heterocycles. The Bertz CT molecular complexity index is 1030. The lowest BCUT2D eigenvalue weighted by atomic mass is 9.63. The molecule has 1 amide bonds. The van der Waals surface area contributed by atoms with Crippen LogP contribution in [0, 0.1) is 0 Å². The highest BCUT2D eigenvalue weighted by molar-refractivity contribution is 6.31. The van der Waals surface area contributed by atoms with Gasteiger partial charge in [0.2, 0.25) is 5.91 Å². The monoisotopic (exact) mass is 419 g/mol. The van der Waals surface area contributed by atoms with E-state index in [0.717, 1.165) is 53.7 Å². The maximum Gasteiger partial charge on any atom is 0.230 e. The third-order valence-corrected chi connectivity index (χ3v) is 6.41. The molecule has 154 valence electrons. The van der Waals surface area contributed by atoms with E-state index < -0.39 is 5.41 Å². The zero-order valence-electron chi connectivity index (χ0n) is 17.2. The van der Waals surface area contributed by atoms with Crippen LogP contribution in [0.1, 0.15) is 30.4 Å². The average molecular weight is 420 g/mol. The number of halogens is 1. The number of hydrogen-bond acceptors (Lipinski definition) is 2. The van der Waals surface area contributed by atoms with Crippen LogP contribution in [0.25, 0.3) is 11.1 Å².